The lowest BCUT2D eigenvalue weighted by molar-refractivity contribution is 0.145. The molecule has 1 aromatic heterocycles. The van der Waals surface area contributed by atoms with E-state index in [2.05, 4.69) is 37.8 Å². The van der Waals surface area contributed by atoms with Crippen molar-refractivity contribution in [1.82, 2.24) is 14.8 Å². The van der Waals surface area contributed by atoms with E-state index in [9.17, 15) is 5.11 Å². The molecule has 86 valence electrons. The fourth-order valence-corrected chi connectivity index (χ4v) is 1.69. The normalized spacial score (nSPS) is 13.8. The summed E-state index contributed by atoms with van der Waals surface area (Å²) in [6.45, 7) is 8.34. The van der Waals surface area contributed by atoms with Crippen molar-refractivity contribution in [3.63, 3.8) is 0 Å². The van der Waals surface area contributed by atoms with E-state index < -0.39 is 0 Å². The van der Waals surface area contributed by atoms with Crippen LogP contribution in [-0.2, 0) is 6.42 Å². The van der Waals surface area contributed by atoms with Crippen LogP contribution in [-0.4, -0.2) is 26.0 Å². The zero-order valence-electron chi connectivity index (χ0n) is 10.0. The highest BCUT2D eigenvalue weighted by Gasteiger charge is 2.13. The Hall–Kier alpha value is -0.900. The van der Waals surface area contributed by atoms with Gasteiger partial charge in [-0.2, -0.15) is 5.10 Å². The minimum Gasteiger partial charge on any atom is -0.393 e. The second kappa shape index (κ2) is 5.26. The van der Waals surface area contributed by atoms with Crippen LogP contribution < -0.4 is 0 Å². The Morgan fingerprint density at radius 1 is 1.33 bits per heavy atom. The average molecular weight is 211 g/mol. The van der Waals surface area contributed by atoms with Gasteiger partial charge in [-0.3, -0.25) is 0 Å². The van der Waals surface area contributed by atoms with E-state index >= 15 is 0 Å². The highest BCUT2D eigenvalue weighted by atomic mass is 16.3. The molecule has 0 fully saturated rings. The van der Waals surface area contributed by atoms with E-state index in [0.717, 1.165) is 12.2 Å². The molecule has 0 aliphatic carbocycles. The number of aromatic nitrogens is 3. The lowest BCUT2D eigenvalue weighted by Gasteiger charge is -2.14. The number of hydrogen-bond donors (Lipinski definition) is 1. The third kappa shape index (κ3) is 3.63. The summed E-state index contributed by atoms with van der Waals surface area (Å²) < 4.78 is 1.86. The molecule has 15 heavy (non-hydrogen) atoms. The quantitative estimate of drug-likeness (QED) is 0.808. The van der Waals surface area contributed by atoms with Gasteiger partial charge in [0.2, 0.25) is 0 Å². The standard InChI is InChI=1S/C11H21N3O/c1-8(2)5-10(15)6-11-12-7-13-14(11)9(3)4/h7-10,15H,5-6H2,1-4H3. The molecule has 0 spiro atoms. The molecule has 0 radical (unpaired) electrons. The molecule has 1 atom stereocenters. The predicted molar refractivity (Wildman–Crippen MR) is 59.6 cm³/mol. The molecule has 1 heterocycles. The van der Waals surface area contributed by atoms with Gasteiger partial charge in [0.15, 0.2) is 0 Å². The lowest BCUT2D eigenvalue weighted by Crippen LogP contribution is -2.18. The van der Waals surface area contributed by atoms with Crippen LogP contribution in [0.25, 0.3) is 0 Å². The Bertz CT molecular complexity index is 294. The Balaban J connectivity index is 2.60. The molecule has 0 aliphatic heterocycles. The van der Waals surface area contributed by atoms with Gasteiger partial charge < -0.3 is 5.11 Å². The highest BCUT2D eigenvalue weighted by molar-refractivity contribution is 4.89. The molecule has 1 N–H and O–H groups in total. The van der Waals surface area contributed by atoms with Gasteiger partial charge in [-0.15, -0.1) is 0 Å². The van der Waals surface area contributed by atoms with E-state index in [0.29, 0.717) is 18.4 Å². The van der Waals surface area contributed by atoms with Crippen LogP contribution in [0.2, 0.25) is 0 Å². The molecule has 4 heteroatoms. The fraction of sp³-hybridized carbons (Fsp3) is 0.818. The Morgan fingerprint density at radius 2 is 2.00 bits per heavy atom. The van der Waals surface area contributed by atoms with Crippen molar-refractivity contribution in [2.75, 3.05) is 0 Å². The van der Waals surface area contributed by atoms with Crippen LogP contribution in [0.5, 0.6) is 0 Å². The van der Waals surface area contributed by atoms with Crippen molar-refractivity contribution in [3.05, 3.63) is 12.2 Å². The van der Waals surface area contributed by atoms with Crippen molar-refractivity contribution in [2.24, 2.45) is 5.92 Å². The largest absolute Gasteiger partial charge is 0.393 e. The van der Waals surface area contributed by atoms with Gasteiger partial charge in [0, 0.05) is 12.5 Å². The minimum atomic E-state index is -0.313. The first-order valence-electron chi connectivity index (χ1n) is 5.57. The van der Waals surface area contributed by atoms with E-state index in [1.54, 1.807) is 6.33 Å². The number of aliphatic hydroxyl groups is 1. The number of aliphatic hydroxyl groups excluding tert-OH is 1. The summed E-state index contributed by atoms with van der Waals surface area (Å²) in [5.41, 5.74) is 0. The summed E-state index contributed by atoms with van der Waals surface area (Å²) in [4.78, 5) is 4.18. The van der Waals surface area contributed by atoms with Gasteiger partial charge in [0.05, 0.1) is 6.10 Å². The summed E-state index contributed by atoms with van der Waals surface area (Å²) >= 11 is 0. The highest BCUT2D eigenvalue weighted by Crippen LogP contribution is 2.11. The second-order valence-electron chi connectivity index (χ2n) is 4.70. The van der Waals surface area contributed by atoms with Crippen LogP contribution in [0.1, 0.15) is 46.0 Å². The molecule has 1 aromatic rings. The first-order chi connectivity index (χ1) is 7.00. The SMILES string of the molecule is CC(C)CC(O)Cc1ncnn1C(C)C. The molecule has 0 bridgehead atoms. The summed E-state index contributed by atoms with van der Waals surface area (Å²) in [7, 11) is 0. The van der Waals surface area contributed by atoms with E-state index in [1.807, 2.05) is 4.68 Å². The molecule has 0 aromatic carbocycles. The molecule has 1 unspecified atom stereocenters. The number of rotatable bonds is 5. The van der Waals surface area contributed by atoms with Gasteiger partial charge in [-0.25, -0.2) is 9.67 Å². The Labute approximate surface area is 91.3 Å². The molecule has 0 saturated carbocycles. The van der Waals surface area contributed by atoms with Crippen molar-refractivity contribution < 1.29 is 5.11 Å². The molecule has 0 aliphatic rings. The third-order valence-corrected chi connectivity index (χ3v) is 2.30. The third-order valence-electron chi connectivity index (χ3n) is 2.30. The van der Waals surface area contributed by atoms with Gasteiger partial charge in [0.25, 0.3) is 0 Å². The fourth-order valence-electron chi connectivity index (χ4n) is 1.69. The Kier molecular flexibility index (Phi) is 4.27. The summed E-state index contributed by atoms with van der Waals surface area (Å²) in [5.74, 6) is 1.38. The van der Waals surface area contributed by atoms with Crippen molar-refractivity contribution >= 4 is 0 Å². The van der Waals surface area contributed by atoms with Crippen LogP contribution >= 0.6 is 0 Å². The summed E-state index contributed by atoms with van der Waals surface area (Å²) in [6, 6.07) is 0.300. The number of hydrogen-bond acceptors (Lipinski definition) is 3. The Morgan fingerprint density at radius 3 is 2.53 bits per heavy atom. The molecule has 4 nitrogen and oxygen atoms in total. The van der Waals surface area contributed by atoms with Crippen LogP contribution in [0.3, 0.4) is 0 Å². The smallest absolute Gasteiger partial charge is 0.138 e. The minimum absolute atomic E-state index is 0.300. The van der Waals surface area contributed by atoms with Crippen LogP contribution in [0.15, 0.2) is 6.33 Å². The summed E-state index contributed by atoms with van der Waals surface area (Å²) in [6.07, 6.45) is 2.64. The zero-order valence-corrected chi connectivity index (χ0v) is 10.0. The average Bonchev–Trinajstić information content (AvgIpc) is 2.50. The summed E-state index contributed by atoms with van der Waals surface area (Å²) in [5, 5.41) is 14.0. The van der Waals surface area contributed by atoms with Crippen molar-refractivity contribution in [1.29, 1.82) is 0 Å². The molecule has 0 amide bonds. The maximum Gasteiger partial charge on any atom is 0.138 e. The molecule has 1 rings (SSSR count). The van der Waals surface area contributed by atoms with Crippen LogP contribution in [0.4, 0.5) is 0 Å². The van der Waals surface area contributed by atoms with Gasteiger partial charge in [0.1, 0.15) is 12.2 Å². The predicted octanol–water partition coefficient (Wildman–Crippen LogP) is 1.81. The van der Waals surface area contributed by atoms with Crippen molar-refractivity contribution in [3.8, 4) is 0 Å². The van der Waals surface area contributed by atoms with Crippen molar-refractivity contribution in [2.45, 2.75) is 52.7 Å². The molecular formula is C11H21N3O. The molecular weight excluding hydrogens is 190 g/mol. The van der Waals surface area contributed by atoms with Crippen LogP contribution in [0, 0.1) is 5.92 Å². The molecule has 0 saturated heterocycles. The maximum atomic E-state index is 9.82. The van der Waals surface area contributed by atoms with E-state index in [-0.39, 0.29) is 6.10 Å². The zero-order chi connectivity index (χ0) is 11.4. The second-order valence-corrected chi connectivity index (χ2v) is 4.70. The van der Waals surface area contributed by atoms with Gasteiger partial charge in [-0.1, -0.05) is 13.8 Å². The van der Waals surface area contributed by atoms with E-state index in [4.69, 9.17) is 0 Å². The topological polar surface area (TPSA) is 50.9 Å². The number of nitrogens with zero attached hydrogens (tertiary/aromatic N) is 3. The lowest BCUT2D eigenvalue weighted by atomic mass is 10.0. The van der Waals surface area contributed by atoms with Gasteiger partial charge >= 0.3 is 0 Å². The first kappa shape index (κ1) is 12.2. The monoisotopic (exact) mass is 211 g/mol. The van der Waals surface area contributed by atoms with Gasteiger partial charge in [-0.05, 0) is 26.2 Å². The van der Waals surface area contributed by atoms with E-state index in [1.165, 1.54) is 0 Å². The first-order valence-corrected chi connectivity index (χ1v) is 5.57. The maximum absolute atomic E-state index is 9.82.